The van der Waals surface area contributed by atoms with Crippen LogP contribution in [0.15, 0.2) is 24.4 Å². The Morgan fingerprint density at radius 1 is 1.24 bits per heavy atom. The van der Waals surface area contributed by atoms with Crippen LogP contribution in [0.2, 0.25) is 0 Å². The minimum Gasteiger partial charge on any atom is -0.472 e. The van der Waals surface area contributed by atoms with Crippen LogP contribution in [0, 0.1) is 13.8 Å². The highest BCUT2D eigenvalue weighted by atomic mass is 19.3. The number of hydrogen-bond acceptors (Lipinski definition) is 5. The van der Waals surface area contributed by atoms with E-state index in [9.17, 15) is 8.78 Å². The van der Waals surface area contributed by atoms with Crippen molar-refractivity contribution in [2.24, 2.45) is 0 Å². The van der Waals surface area contributed by atoms with Crippen LogP contribution in [-0.4, -0.2) is 28.0 Å². The van der Waals surface area contributed by atoms with Crippen molar-refractivity contribution in [1.82, 2.24) is 15.0 Å². The SMILES string of the molecule is Cc1cnc(C)c(NCc2cccc(OCC(F)F)n2)n1. The fraction of sp³-hybridized carbons (Fsp3) is 0.357. The first-order valence-corrected chi connectivity index (χ1v) is 6.45. The van der Waals surface area contributed by atoms with E-state index < -0.39 is 13.0 Å². The van der Waals surface area contributed by atoms with Gasteiger partial charge < -0.3 is 10.1 Å². The van der Waals surface area contributed by atoms with Gasteiger partial charge in [0.1, 0.15) is 5.82 Å². The van der Waals surface area contributed by atoms with E-state index in [2.05, 4.69) is 20.3 Å². The lowest BCUT2D eigenvalue weighted by atomic mass is 10.3. The lowest BCUT2D eigenvalue weighted by molar-refractivity contribution is 0.0795. The Bertz CT molecular complexity index is 607. The molecule has 0 fully saturated rings. The summed E-state index contributed by atoms with van der Waals surface area (Å²) >= 11 is 0. The minimum atomic E-state index is -2.52. The van der Waals surface area contributed by atoms with Crippen LogP contribution in [0.3, 0.4) is 0 Å². The Labute approximate surface area is 121 Å². The number of anilines is 1. The van der Waals surface area contributed by atoms with Crippen molar-refractivity contribution in [1.29, 1.82) is 0 Å². The number of nitrogens with one attached hydrogen (secondary N) is 1. The monoisotopic (exact) mass is 294 g/mol. The number of alkyl halides is 2. The highest BCUT2D eigenvalue weighted by Crippen LogP contribution is 2.12. The molecule has 0 aliphatic rings. The van der Waals surface area contributed by atoms with E-state index in [0.29, 0.717) is 18.1 Å². The maximum absolute atomic E-state index is 12.1. The highest BCUT2D eigenvalue weighted by molar-refractivity contribution is 5.40. The van der Waals surface area contributed by atoms with Crippen LogP contribution in [0.1, 0.15) is 17.1 Å². The number of halogens is 2. The second kappa shape index (κ2) is 6.92. The van der Waals surface area contributed by atoms with Crippen LogP contribution in [0.4, 0.5) is 14.6 Å². The van der Waals surface area contributed by atoms with Gasteiger partial charge in [0.2, 0.25) is 5.88 Å². The van der Waals surface area contributed by atoms with E-state index in [1.165, 1.54) is 0 Å². The topological polar surface area (TPSA) is 59.9 Å². The molecule has 2 aromatic rings. The Morgan fingerprint density at radius 3 is 2.81 bits per heavy atom. The maximum Gasteiger partial charge on any atom is 0.272 e. The van der Waals surface area contributed by atoms with Gasteiger partial charge in [0.25, 0.3) is 6.43 Å². The average molecular weight is 294 g/mol. The molecular formula is C14H16F2N4O. The van der Waals surface area contributed by atoms with Gasteiger partial charge in [-0.05, 0) is 19.9 Å². The molecule has 2 aromatic heterocycles. The summed E-state index contributed by atoms with van der Waals surface area (Å²) in [6.45, 7) is 3.45. The summed E-state index contributed by atoms with van der Waals surface area (Å²) in [6, 6.07) is 5.03. The molecule has 0 saturated heterocycles. The number of aryl methyl sites for hydroxylation is 2. The molecule has 0 aliphatic heterocycles. The first-order chi connectivity index (χ1) is 10.0. The van der Waals surface area contributed by atoms with Crippen molar-refractivity contribution in [3.05, 3.63) is 41.5 Å². The van der Waals surface area contributed by atoms with Crippen molar-refractivity contribution in [2.45, 2.75) is 26.8 Å². The zero-order valence-corrected chi connectivity index (χ0v) is 11.8. The second-order valence-electron chi connectivity index (χ2n) is 4.47. The molecule has 0 radical (unpaired) electrons. The number of rotatable bonds is 6. The van der Waals surface area contributed by atoms with E-state index >= 15 is 0 Å². The fourth-order valence-electron chi connectivity index (χ4n) is 1.66. The van der Waals surface area contributed by atoms with E-state index in [0.717, 1.165) is 11.4 Å². The second-order valence-corrected chi connectivity index (χ2v) is 4.47. The van der Waals surface area contributed by atoms with Crippen molar-refractivity contribution in [3.8, 4) is 5.88 Å². The molecule has 7 heteroatoms. The number of nitrogens with zero attached hydrogens (tertiary/aromatic N) is 3. The largest absolute Gasteiger partial charge is 0.472 e. The molecule has 0 bridgehead atoms. The summed E-state index contributed by atoms with van der Waals surface area (Å²) in [4.78, 5) is 12.7. The summed E-state index contributed by atoms with van der Waals surface area (Å²) < 4.78 is 29.1. The molecule has 112 valence electrons. The Morgan fingerprint density at radius 2 is 2.05 bits per heavy atom. The van der Waals surface area contributed by atoms with Gasteiger partial charge in [-0.1, -0.05) is 6.07 Å². The minimum absolute atomic E-state index is 0.182. The van der Waals surface area contributed by atoms with Crippen LogP contribution < -0.4 is 10.1 Å². The van der Waals surface area contributed by atoms with Gasteiger partial charge in [-0.3, -0.25) is 4.98 Å². The Kier molecular flexibility index (Phi) is 4.97. The van der Waals surface area contributed by atoms with Crippen LogP contribution in [0.5, 0.6) is 5.88 Å². The first-order valence-electron chi connectivity index (χ1n) is 6.45. The fourth-order valence-corrected chi connectivity index (χ4v) is 1.66. The summed E-state index contributed by atoms with van der Waals surface area (Å²) in [5.74, 6) is 0.859. The van der Waals surface area contributed by atoms with Gasteiger partial charge in [0, 0.05) is 12.3 Å². The molecule has 0 aliphatic carbocycles. The number of hydrogen-bond donors (Lipinski definition) is 1. The standard InChI is InChI=1S/C14H16F2N4O/c1-9-6-17-10(2)14(19-9)18-7-11-4-3-5-13(20-11)21-8-12(15)16/h3-6,12H,7-8H2,1-2H3,(H,18,19). The first kappa shape index (κ1) is 15.1. The average Bonchev–Trinajstić information content (AvgIpc) is 2.46. The van der Waals surface area contributed by atoms with Gasteiger partial charge in [0.15, 0.2) is 6.61 Å². The summed E-state index contributed by atoms with van der Waals surface area (Å²) in [5, 5.41) is 3.12. The quantitative estimate of drug-likeness (QED) is 0.887. The smallest absolute Gasteiger partial charge is 0.272 e. The molecule has 5 nitrogen and oxygen atoms in total. The third-order valence-electron chi connectivity index (χ3n) is 2.65. The van der Waals surface area contributed by atoms with Gasteiger partial charge in [0.05, 0.1) is 23.6 Å². The summed E-state index contributed by atoms with van der Waals surface area (Å²) in [7, 11) is 0. The third-order valence-corrected chi connectivity index (χ3v) is 2.65. The lowest BCUT2D eigenvalue weighted by Crippen LogP contribution is -2.10. The van der Waals surface area contributed by atoms with Crippen molar-refractivity contribution < 1.29 is 13.5 Å². The number of pyridine rings is 1. The summed E-state index contributed by atoms with van der Waals surface area (Å²) in [6.07, 6.45) is -0.823. The molecule has 0 atom stereocenters. The van der Waals surface area contributed by atoms with Crippen LogP contribution in [-0.2, 0) is 6.54 Å². The zero-order chi connectivity index (χ0) is 15.2. The normalized spacial score (nSPS) is 10.7. The van der Waals surface area contributed by atoms with Gasteiger partial charge >= 0.3 is 0 Å². The van der Waals surface area contributed by atoms with E-state index in [4.69, 9.17) is 4.74 Å². The number of aromatic nitrogens is 3. The molecule has 0 amide bonds. The molecule has 0 saturated carbocycles. The maximum atomic E-state index is 12.1. The Hall–Kier alpha value is -2.31. The van der Waals surface area contributed by atoms with Crippen molar-refractivity contribution in [2.75, 3.05) is 11.9 Å². The molecule has 21 heavy (non-hydrogen) atoms. The molecular weight excluding hydrogens is 278 g/mol. The van der Waals surface area contributed by atoms with Gasteiger partial charge in [-0.2, -0.15) is 0 Å². The predicted molar refractivity (Wildman–Crippen MR) is 74.6 cm³/mol. The molecule has 2 rings (SSSR count). The molecule has 1 N–H and O–H groups in total. The lowest BCUT2D eigenvalue weighted by Gasteiger charge is -2.09. The highest BCUT2D eigenvalue weighted by Gasteiger charge is 2.06. The zero-order valence-electron chi connectivity index (χ0n) is 11.8. The summed E-state index contributed by atoms with van der Waals surface area (Å²) in [5.41, 5.74) is 2.26. The van der Waals surface area contributed by atoms with E-state index in [-0.39, 0.29) is 5.88 Å². The molecule has 2 heterocycles. The van der Waals surface area contributed by atoms with Crippen LogP contribution >= 0.6 is 0 Å². The predicted octanol–water partition coefficient (Wildman–Crippen LogP) is 2.74. The van der Waals surface area contributed by atoms with E-state index in [1.54, 1.807) is 24.4 Å². The van der Waals surface area contributed by atoms with E-state index in [1.807, 2.05) is 13.8 Å². The number of ether oxygens (including phenoxy) is 1. The van der Waals surface area contributed by atoms with Gasteiger partial charge in [-0.25, -0.2) is 18.7 Å². The molecule has 0 aromatic carbocycles. The molecule has 0 spiro atoms. The van der Waals surface area contributed by atoms with Crippen LogP contribution in [0.25, 0.3) is 0 Å². The molecule has 0 unspecified atom stereocenters. The van der Waals surface area contributed by atoms with Crippen molar-refractivity contribution >= 4 is 5.82 Å². The van der Waals surface area contributed by atoms with Gasteiger partial charge in [-0.15, -0.1) is 0 Å². The third kappa shape index (κ3) is 4.62. The van der Waals surface area contributed by atoms with Crippen molar-refractivity contribution in [3.63, 3.8) is 0 Å². The Balaban J connectivity index is 1.99.